The fourth-order valence-corrected chi connectivity index (χ4v) is 4.90. The van der Waals surface area contributed by atoms with Crippen LogP contribution in [0.1, 0.15) is 35.8 Å². The summed E-state index contributed by atoms with van der Waals surface area (Å²) in [4.78, 5) is 11.7. The molecule has 2 aromatic heterocycles. The summed E-state index contributed by atoms with van der Waals surface area (Å²) < 4.78 is 41.1. The van der Waals surface area contributed by atoms with Crippen LogP contribution in [0.5, 0.6) is 11.6 Å². The van der Waals surface area contributed by atoms with Crippen LogP contribution in [0.3, 0.4) is 0 Å². The van der Waals surface area contributed by atoms with Crippen LogP contribution >= 0.6 is 11.6 Å². The molecule has 36 heavy (non-hydrogen) atoms. The van der Waals surface area contributed by atoms with Crippen LogP contribution < -0.4 is 9.47 Å². The van der Waals surface area contributed by atoms with Gasteiger partial charge in [-0.25, -0.2) is 18.7 Å². The number of benzene rings is 2. The number of hydrogen-bond acceptors (Lipinski definition) is 5. The third-order valence-electron chi connectivity index (χ3n) is 6.74. The molecule has 0 amide bonds. The monoisotopic (exact) mass is 512 g/mol. The van der Waals surface area contributed by atoms with Crippen molar-refractivity contribution in [3.8, 4) is 11.6 Å². The molecule has 2 aromatic carbocycles. The Labute approximate surface area is 213 Å². The largest absolute Gasteiger partial charge is 0.491 e. The van der Waals surface area contributed by atoms with Gasteiger partial charge in [0.2, 0.25) is 5.88 Å². The molecule has 3 heterocycles. The molecule has 1 aliphatic rings. The first-order valence-corrected chi connectivity index (χ1v) is 12.2. The first kappa shape index (κ1) is 24.5. The van der Waals surface area contributed by atoms with Crippen molar-refractivity contribution in [1.82, 2.24) is 19.4 Å². The number of aryl methyl sites for hydroxylation is 1. The minimum atomic E-state index is -0.393. The molecule has 0 aliphatic carbocycles. The van der Waals surface area contributed by atoms with Crippen molar-refractivity contribution in [2.24, 2.45) is 7.05 Å². The van der Waals surface area contributed by atoms with Crippen LogP contribution in [0.4, 0.5) is 8.78 Å². The molecule has 9 heteroatoms. The number of rotatable bonds is 7. The number of fused-ring (bicyclic) bond motifs is 1. The molecule has 1 saturated heterocycles. The Kier molecular flexibility index (Phi) is 7.07. The molecule has 1 aliphatic heterocycles. The summed E-state index contributed by atoms with van der Waals surface area (Å²) in [5, 5.41) is 0.354. The molecule has 0 saturated carbocycles. The summed E-state index contributed by atoms with van der Waals surface area (Å²) in [6.45, 7) is 2.54. The molecular weight excluding hydrogens is 486 g/mol. The van der Waals surface area contributed by atoms with Crippen molar-refractivity contribution in [2.45, 2.75) is 31.9 Å². The lowest BCUT2D eigenvalue weighted by molar-refractivity contribution is 0.197. The van der Waals surface area contributed by atoms with E-state index in [-0.39, 0.29) is 12.4 Å². The highest BCUT2D eigenvalue weighted by molar-refractivity contribution is 6.30. The Morgan fingerprint density at radius 1 is 1.03 bits per heavy atom. The van der Waals surface area contributed by atoms with Gasteiger partial charge in [-0.15, -0.1) is 0 Å². The number of imidazole rings is 1. The van der Waals surface area contributed by atoms with E-state index in [1.54, 1.807) is 24.3 Å². The van der Waals surface area contributed by atoms with E-state index in [9.17, 15) is 8.78 Å². The third-order valence-corrected chi connectivity index (χ3v) is 6.98. The summed E-state index contributed by atoms with van der Waals surface area (Å²) in [7, 11) is 3.37. The first-order chi connectivity index (χ1) is 17.4. The van der Waals surface area contributed by atoms with Gasteiger partial charge in [0.15, 0.2) is 11.6 Å². The lowest BCUT2D eigenvalue weighted by Gasteiger charge is -2.31. The van der Waals surface area contributed by atoms with E-state index < -0.39 is 11.6 Å². The average Bonchev–Trinajstić information content (AvgIpc) is 3.19. The smallest absolute Gasteiger partial charge is 0.213 e. The van der Waals surface area contributed by atoms with Crippen LogP contribution in [-0.4, -0.2) is 39.6 Å². The minimum absolute atomic E-state index is 0.0879. The van der Waals surface area contributed by atoms with Crippen molar-refractivity contribution in [3.05, 3.63) is 82.3 Å². The van der Waals surface area contributed by atoms with E-state index in [0.29, 0.717) is 34.4 Å². The van der Waals surface area contributed by atoms with Gasteiger partial charge >= 0.3 is 0 Å². The second-order valence-electron chi connectivity index (χ2n) is 9.01. The Morgan fingerprint density at radius 2 is 1.83 bits per heavy atom. The second-order valence-corrected chi connectivity index (χ2v) is 9.45. The number of halogens is 3. The predicted octanol–water partition coefficient (Wildman–Crippen LogP) is 5.87. The minimum Gasteiger partial charge on any atom is -0.491 e. The maximum atomic E-state index is 14.2. The van der Waals surface area contributed by atoms with Gasteiger partial charge in [-0.2, -0.15) is 0 Å². The van der Waals surface area contributed by atoms with Crippen LogP contribution in [0.2, 0.25) is 5.02 Å². The third kappa shape index (κ3) is 5.01. The van der Waals surface area contributed by atoms with E-state index in [0.717, 1.165) is 43.0 Å². The van der Waals surface area contributed by atoms with Crippen molar-refractivity contribution < 1.29 is 18.3 Å². The van der Waals surface area contributed by atoms with Gasteiger partial charge in [0.05, 0.1) is 19.2 Å². The Morgan fingerprint density at radius 3 is 2.58 bits per heavy atom. The summed E-state index contributed by atoms with van der Waals surface area (Å²) in [5.41, 5.74) is 2.80. The number of hydrogen-bond donors (Lipinski definition) is 0. The second kappa shape index (κ2) is 10.4. The van der Waals surface area contributed by atoms with E-state index >= 15 is 0 Å². The Balaban J connectivity index is 1.21. The highest BCUT2D eigenvalue weighted by Crippen LogP contribution is 2.31. The average molecular weight is 513 g/mol. The van der Waals surface area contributed by atoms with E-state index in [1.807, 2.05) is 23.7 Å². The summed E-state index contributed by atoms with van der Waals surface area (Å²) >= 11 is 5.82. The molecule has 4 aromatic rings. The highest BCUT2D eigenvalue weighted by atomic mass is 35.5. The molecule has 0 N–H and O–H groups in total. The van der Waals surface area contributed by atoms with E-state index in [1.165, 1.54) is 19.2 Å². The van der Waals surface area contributed by atoms with E-state index in [2.05, 4.69) is 9.88 Å². The quantitative estimate of drug-likeness (QED) is 0.310. The molecule has 188 valence electrons. The lowest BCUT2D eigenvalue weighted by atomic mass is 9.93. The predicted molar refractivity (Wildman–Crippen MR) is 134 cm³/mol. The number of ether oxygens (including phenoxy) is 2. The van der Waals surface area contributed by atoms with Gasteiger partial charge in [-0.1, -0.05) is 23.7 Å². The zero-order valence-corrected chi connectivity index (χ0v) is 20.9. The van der Waals surface area contributed by atoms with Gasteiger partial charge < -0.3 is 14.0 Å². The van der Waals surface area contributed by atoms with Gasteiger partial charge in [-0.3, -0.25) is 4.90 Å². The molecule has 0 atom stereocenters. The number of nitrogens with zero attached hydrogens (tertiary/aromatic N) is 4. The maximum Gasteiger partial charge on any atom is 0.213 e. The number of aromatic nitrogens is 3. The Bertz CT molecular complexity index is 1390. The summed E-state index contributed by atoms with van der Waals surface area (Å²) in [6.07, 6.45) is 1.90. The van der Waals surface area contributed by atoms with Crippen LogP contribution in [0.15, 0.2) is 48.5 Å². The van der Waals surface area contributed by atoms with Crippen LogP contribution in [-0.2, 0) is 20.2 Å². The molecule has 0 spiro atoms. The first-order valence-electron chi connectivity index (χ1n) is 11.9. The van der Waals surface area contributed by atoms with E-state index in [4.69, 9.17) is 26.1 Å². The number of likely N-dealkylation sites (tertiary alicyclic amines) is 1. The zero-order valence-electron chi connectivity index (χ0n) is 20.2. The van der Waals surface area contributed by atoms with Crippen LogP contribution in [0.25, 0.3) is 11.0 Å². The SMILES string of the molecule is COc1c(F)ccc2nc(CN3CCC(c4cccc(OCc5ccc(Cl)cc5F)n4)CC3)n(C)c12. The highest BCUT2D eigenvalue weighted by Gasteiger charge is 2.24. The fourth-order valence-electron chi connectivity index (χ4n) is 4.75. The topological polar surface area (TPSA) is 52.4 Å². The summed E-state index contributed by atoms with van der Waals surface area (Å²) in [6, 6.07) is 13.3. The standard InChI is InChI=1S/C27H27ClF2N4O2/c1-33-24(31-23-9-8-20(29)27(35-2)26(23)33)15-34-12-10-17(11-13-34)22-4-3-5-25(32-22)36-16-18-6-7-19(28)14-21(18)30/h3-9,14,17H,10-13,15-16H2,1-2H3. The van der Waals surface area contributed by atoms with Crippen molar-refractivity contribution >= 4 is 22.6 Å². The lowest BCUT2D eigenvalue weighted by Crippen LogP contribution is -2.33. The summed E-state index contributed by atoms with van der Waals surface area (Å²) in [5.74, 6) is 1.10. The van der Waals surface area contributed by atoms with Crippen molar-refractivity contribution in [3.63, 3.8) is 0 Å². The van der Waals surface area contributed by atoms with Crippen molar-refractivity contribution in [2.75, 3.05) is 20.2 Å². The molecule has 5 rings (SSSR count). The molecule has 6 nitrogen and oxygen atoms in total. The number of methoxy groups -OCH3 is 1. The molecular formula is C27H27ClF2N4O2. The zero-order chi connectivity index (χ0) is 25.2. The normalized spacial score (nSPS) is 14.9. The fraction of sp³-hybridized carbons (Fsp3) is 0.333. The Hall–Kier alpha value is -3.23. The van der Waals surface area contributed by atoms with Gasteiger partial charge in [0, 0.05) is 35.3 Å². The molecule has 0 unspecified atom stereocenters. The number of pyridine rings is 1. The van der Waals surface area contributed by atoms with Gasteiger partial charge in [0.25, 0.3) is 0 Å². The maximum absolute atomic E-state index is 14.2. The van der Waals surface area contributed by atoms with Gasteiger partial charge in [-0.05, 0) is 56.3 Å². The van der Waals surface area contributed by atoms with Crippen LogP contribution in [0, 0.1) is 11.6 Å². The molecule has 0 radical (unpaired) electrons. The van der Waals surface area contributed by atoms with Gasteiger partial charge in [0.1, 0.15) is 23.8 Å². The van der Waals surface area contributed by atoms with Crippen molar-refractivity contribution in [1.29, 1.82) is 0 Å². The molecule has 1 fully saturated rings. The molecule has 0 bridgehead atoms. The number of piperidine rings is 1.